The maximum Gasteiger partial charge on any atom is 0.202 e. The maximum absolute atomic E-state index is 4.15. The van der Waals surface area contributed by atoms with Crippen LogP contribution in [-0.2, 0) is 6.42 Å². The van der Waals surface area contributed by atoms with E-state index in [1.54, 1.807) is 6.33 Å². The van der Waals surface area contributed by atoms with Crippen molar-refractivity contribution in [3.8, 4) is 0 Å². The summed E-state index contributed by atoms with van der Waals surface area (Å²) in [5.41, 5.74) is 1.41. The van der Waals surface area contributed by atoms with Crippen LogP contribution in [0.25, 0.3) is 0 Å². The molecule has 0 saturated heterocycles. The van der Waals surface area contributed by atoms with E-state index in [0.29, 0.717) is 0 Å². The first-order chi connectivity index (χ1) is 8.16. The van der Waals surface area contributed by atoms with Crippen LogP contribution in [0.3, 0.4) is 0 Å². The Labute approximate surface area is 106 Å². The molecule has 1 aromatic carbocycles. The lowest BCUT2D eigenvalue weighted by Gasteiger charge is -2.25. The molecule has 0 spiro atoms. The van der Waals surface area contributed by atoms with E-state index in [4.69, 9.17) is 0 Å². The standard InChI is InChI=1S/C13H17N3S/c1-13(2,16-12-14-10-15-17-12)9-8-11-6-4-3-5-7-11/h3-7,10H,8-9H2,1-2H3,(H,14,15,16). The number of aromatic nitrogens is 2. The summed E-state index contributed by atoms with van der Waals surface area (Å²) < 4.78 is 3.99. The lowest BCUT2D eigenvalue weighted by Crippen LogP contribution is -2.31. The van der Waals surface area contributed by atoms with E-state index < -0.39 is 0 Å². The van der Waals surface area contributed by atoms with Crippen LogP contribution in [0.5, 0.6) is 0 Å². The van der Waals surface area contributed by atoms with Gasteiger partial charge in [-0.05, 0) is 32.3 Å². The third-order valence-electron chi connectivity index (χ3n) is 2.69. The van der Waals surface area contributed by atoms with Crippen molar-refractivity contribution in [2.75, 3.05) is 5.32 Å². The molecule has 0 saturated carbocycles. The number of anilines is 1. The Morgan fingerprint density at radius 3 is 2.65 bits per heavy atom. The summed E-state index contributed by atoms with van der Waals surface area (Å²) in [6.07, 6.45) is 3.72. The molecule has 0 unspecified atom stereocenters. The number of nitrogens with one attached hydrogen (secondary N) is 1. The fourth-order valence-electron chi connectivity index (χ4n) is 1.68. The first-order valence-electron chi connectivity index (χ1n) is 5.74. The first-order valence-corrected chi connectivity index (χ1v) is 6.52. The van der Waals surface area contributed by atoms with Crippen LogP contribution in [0, 0.1) is 0 Å². The van der Waals surface area contributed by atoms with Crippen LogP contribution in [-0.4, -0.2) is 14.9 Å². The summed E-state index contributed by atoms with van der Waals surface area (Å²) in [5, 5.41) is 4.31. The van der Waals surface area contributed by atoms with Gasteiger partial charge in [-0.25, -0.2) is 4.98 Å². The highest BCUT2D eigenvalue weighted by Gasteiger charge is 2.18. The minimum Gasteiger partial charge on any atom is -0.355 e. The van der Waals surface area contributed by atoms with Crippen LogP contribution in [0.2, 0.25) is 0 Å². The van der Waals surface area contributed by atoms with E-state index in [1.165, 1.54) is 17.1 Å². The van der Waals surface area contributed by atoms with Gasteiger partial charge in [0.1, 0.15) is 6.33 Å². The Balaban J connectivity index is 1.89. The van der Waals surface area contributed by atoms with Crippen LogP contribution >= 0.6 is 11.5 Å². The van der Waals surface area contributed by atoms with E-state index in [1.807, 2.05) is 6.07 Å². The first kappa shape index (κ1) is 12.0. The molecular formula is C13H17N3S. The average Bonchev–Trinajstić information content (AvgIpc) is 2.80. The van der Waals surface area contributed by atoms with Crippen LogP contribution in [0.4, 0.5) is 5.13 Å². The molecule has 1 N–H and O–H groups in total. The molecule has 0 aliphatic heterocycles. The molecule has 90 valence electrons. The zero-order chi connectivity index (χ0) is 12.1. The Morgan fingerprint density at radius 1 is 1.24 bits per heavy atom. The summed E-state index contributed by atoms with van der Waals surface area (Å²) in [5.74, 6) is 0. The van der Waals surface area contributed by atoms with Gasteiger partial charge < -0.3 is 5.32 Å². The van der Waals surface area contributed by atoms with E-state index in [0.717, 1.165) is 18.0 Å². The lowest BCUT2D eigenvalue weighted by molar-refractivity contribution is 0.518. The number of benzene rings is 1. The normalized spacial score (nSPS) is 11.4. The van der Waals surface area contributed by atoms with Crippen molar-refractivity contribution >= 4 is 16.7 Å². The maximum atomic E-state index is 4.15. The third kappa shape index (κ3) is 3.82. The summed E-state index contributed by atoms with van der Waals surface area (Å²) in [6, 6.07) is 10.6. The van der Waals surface area contributed by atoms with Gasteiger partial charge in [-0.3, -0.25) is 0 Å². The van der Waals surface area contributed by atoms with Gasteiger partial charge in [-0.15, -0.1) is 0 Å². The quantitative estimate of drug-likeness (QED) is 0.880. The molecular weight excluding hydrogens is 230 g/mol. The molecule has 2 rings (SSSR count). The summed E-state index contributed by atoms with van der Waals surface area (Å²) >= 11 is 1.40. The summed E-state index contributed by atoms with van der Waals surface area (Å²) in [7, 11) is 0. The number of hydrogen-bond donors (Lipinski definition) is 1. The molecule has 0 radical (unpaired) electrons. The van der Waals surface area contributed by atoms with Gasteiger partial charge in [-0.1, -0.05) is 30.3 Å². The van der Waals surface area contributed by atoms with Crippen molar-refractivity contribution in [3.05, 3.63) is 42.2 Å². The van der Waals surface area contributed by atoms with Crippen molar-refractivity contribution in [2.24, 2.45) is 0 Å². The fourth-order valence-corrected chi connectivity index (χ4v) is 2.29. The Bertz CT molecular complexity index is 437. The fraction of sp³-hybridized carbons (Fsp3) is 0.385. The molecule has 0 fully saturated rings. The zero-order valence-corrected chi connectivity index (χ0v) is 11.0. The third-order valence-corrected chi connectivity index (χ3v) is 3.27. The second kappa shape index (κ2) is 5.27. The summed E-state index contributed by atoms with van der Waals surface area (Å²) in [6.45, 7) is 4.38. The van der Waals surface area contributed by atoms with Crippen molar-refractivity contribution in [2.45, 2.75) is 32.2 Å². The SMILES string of the molecule is CC(C)(CCc1ccccc1)Nc1ncns1. The van der Waals surface area contributed by atoms with Crippen molar-refractivity contribution in [3.63, 3.8) is 0 Å². The van der Waals surface area contributed by atoms with Gasteiger partial charge in [-0.2, -0.15) is 4.37 Å². The lowest BCUT2D eigenvalue weighted by atomic mass is 9.95. The average molecular weight is 247 g/mol. The van der Waals surface area contributed by atoms with E-state index in [2.05, 4.69) is 52.8 Å². The Hall–Kier alpha value is -1.42. The van der Waals surface area contributed by atoms with Gasteiger partial charge in [0, 0.05) is 17.1 Å². The highest BCUT2D eigenvalue weighted by molar-refractivity contribution is 7.09. The molecule has 1 aromatic heterocycles. The molecule has 1 heterocycles. The highest BCUT2D eigenvalue weighted by Crippen LogP contribution is 2.20. The Kier molecular flexibility index (Phi) is 3.74. The number of nitrogens with zero attached hydrogens (tertiary/aromatic N) is 2. The molecule has 0 atom stereocenters. The van der Waals surface area contributed by atoms with Gasteiger partial charge in [0.05, 0.1) is 0 Å². The molecule has 0 bridgehead atoms. The predicted octanol–water partition coefficient (Wildman–Crippen LogP) is 3.36. The number of aryl methyl sites for hydroxylation is 1. The second-order valence-electron chi connectivity index (χ2n) is 4.74. The Morgan fingerprint density at radius 2 is 2.00 bits per heavy atom. The molecule has 0 amide bonds. The highest BCUT2D eigenvalue weighted by atomic mass is 32.1. The minimum atomic E-state index is 0.0371. The molecule has 17 heavy (non-hydrogen) atoms. The predicted molar refractivity (Wildman–Crippen MR) is 72.4 cm³/mol. The van der Waals surface area contributed by atoms with E-state index in [9.17, 15) is 0 Å². The van der Waals surface area contributed by atoms with Gasteiger partial charge in [0.2, 0.25) is 5.13 Å². The molecule has 3 nitrogen and oxygen atoms in total. The van der Waals surface area contributed by atoms with Gasteiger partial charge >= 0.3 is 0 Å². The van der Waals surface area contributed by atoms with Crippen LogP contribution in [0.15, 0.2) is 36.7 Å². The van der Waals surface area contributed by atoms with Gasteiger partial charge in [0.25, 0.3) is 0 Å². The topological polar surface area (TPSA) is 37.8 Å². The molecule has 2 aromatic rings. The molecule has 0 aliphatic rings. The molecule has 0 aliphatic carbocycles. The van der Waals surface area contributed by atoms with E-state index >= 15 is 0 Å². The largest absolute Gasteiger partial charge is 0.355 e. The van der Waals surface area contributed by atoms with Crippen molar-refractivity contribution < 1.29 is 0 Å². The van der Waals surface area contributed by atoms with Crippen molar-refractivity contribution in [1.29, 1.82) is 0 Å². The molecule has 4 heteroatoms. The second-order valence-corrected chi connectivity index (χ2v) is 5.52. The minimum absolute atomic E-state index is 0.0371. The summed E-state index contributed by atoms with van der Waals surface area (Å²) in [4.78, 5) is 4.15. The number of hydrogen-bond acceptors (Lipinski definition) is 4. The van der Waals surface area contributed by atoms with Crippen molar-refractivity contribution in [1.82, 2.24) is 9.36 Å². The smallest absolute Gasteiger partial charge is 0.202 e. The van der Waals surface area contributed by atoms with Gasteiger partial charge in [0.15, 0.2) is 0 Å². The zero-order valence-electron chi connectivity index (χ0n) is 10.2. The van der Waals surface area contributed by atoms with Crippen LogP contribution in [0.1, 0.15) is 25.8 Å². The van der Waals surface area contributed by atoms with E-state index in [-0.39, 0.29) is 5.54 Å². The van der Waals surface area contributed by atoms with Crippen LogP contribution < -0.4 is 5.32 Å². The monoisotopic (exact) mass is 247 g/mol. The number of rotatable bonds is 5.